The quantitative estimate of drug-likeness (QED) is 0.867. The number of hydrogen-bond donors (Lipinski definition) is 2. The molecule has 1 fully saturated rings. The standard InChI is InChI=1S/C16H28N4/c1-9-10(17)18-13(14(2,3)4)20-11(9)19-12-15(5,6)16(12,7)8/h12H,1-8H3,(H3,17,18,19,20). The Labute approximate surface area is 122 Å². The van der Waals surface area contributed by atoms with Crippen molar-refractivity contribution >= 4 is 11.6 Å². The Hall–Kier alpha value is -1.32. The first-order valence-corrected chi connectivity index (χ1v) is 7.30. The van der Waals surface area contributed by atoms with Crippen LogP contribution in [0.25, 0.3) is 0 Å². The molecule has 0 radical (unpaired) electrons. The summed E-state index contributed by atoms with van der Waals surface area (Å²) in [6, 6.07) is 0.413. The highest BCUT2D eigenvalue weighted by Gasteiger charge is 2.65. The summed E-state index contributed by atoms with van der Waals surface area (Å²) in [6.07, 6.45) is 0. The molecule has 1 heterocycles. The molecule has 20 heavy (non-hydrogen) atoms. The molecule has 3 N–H and O–H groups in total. The Morgan fingerprint density at radius 2 is 1.55 bits per heavy atom. The average molecular weight is 276 g/mol. The summed E-state index contributed by atoms with van der Waals surface area (Å²) in [5.74, 6) is 2.24. The maximum absolute atomic E-state index is 6.06. The van der Waals surface area contributed by atoms with Crippen LogP contribution < -0.4 is 11.1 Å². The molecule has 1 aliphatic rings. The van der Waals surface area contributed by atoms with Gasteiger partial charge in [0.25, 0.3) is 0 Å². The monoisotopic (exact) mass is 276 g/mol. The van der Waals surface area contributed by atoms with Crippen LogP contribution in [0.3, 0.4) is 0 Å². The lowest BCUT2D eigenvalue weighted by Gasteiger charge is -2.20. The number of nitrogen functional groups attached to an aromatic ring is 1. The highest BCUT2D eigenvalue weighted by Crippen LogP contribution is 2.63. The van der Waals surface area contributed by atoms with Crippen LogP contribution in [0.15, 0.2) is 0 Å². The summed E-state index contributed by atoms with van der Waals surface area (Å²) in [4.78, 5) is 9.15. The Kier molecular flexibility index (Phi) is 3.08. The number of rotatable bonds is 2. The van der Waals surface area contributed by atoms with E-state index in [0.717, 1.165) is 17.2 Å². The van der Waals surface area contributed by atoms with Crippen molar-refractivity contribution in [2.24, 2.45) is 10.8 Å². The van der Waals surface area contributed by atoms with Crippen LogP contribution in [0.4, 0.5) is 11.6 Å². The van der Waals surface area contributed by atoms with Crippen molar-refractivity contribution in [2.45, 2.75) is 66.8 Å². The lowest BCUT2D eigenvalue weighted by molar-refractivity contribution is 0.457. The third-order valence-corrected chi connectivity index (χ3v) is 5.16. The summed E-state index contributed by atoms with van der Waals surface area (Å²) in [7, 11) is 0. The summed E-state index contributed by atoms with van der Waals surface area (Å²) < 4.78 is 0. The fourth-order valence-corrected chi connectivity index (χ4v) is 2.70. The highest BCUT2D eigenvalue weighted by molar-refractivity contribution is 5.57. The minimum Gasteiger partial charge on any atom is -0.383 e. The number of nitrogens with two attached hydrogens (primary N) is 1. The lowest BCUT2D eigenvalue weighted by Crippen LogP contribution is -2.21. The van der Waals surface area contributed by atoms with E-state index in [1.807, 2.05) is 6.92 Å². The molecule has 112 valence electrons. The van der Waals surface area contributed by atoms with Crippen LogP contribution in [0.2, 0.25) is 0 Å². The van der Waals surface area contributed by atoms with Crippen LogP contribution in [-0.4, -0.2) is 16.0 Å². The van der Waals surface area contributed by atoms with Gasteiger partial charge in [0.2, 0.25) is 0 Å². The molecular formula is C16H28N4. The van der Waals surface area contributed by atoms with E-state index in [1.54, 1.807) is 0 Å². The van der Waals surface area contributed by atoms with Gasteiger partial charge in [-0.15, -0.1) is 0 Å². The molecule has 1 aromatic heterocycles. The molecule has 4 nitrogen and oxygen atoms in total. The number of anilines is 2. The average Bonchev–Trinajstić information content (AvgIpc) is 2.65. The summed E-state index contributed by atoms with van der Waals surface area (Å²) in [6.45, 7) is 17.4. The number of nitrogens with one attached hydrogen (secondary N) is 1. The largest absolute Gasteiger partial charge is 0.383 e. The van der Waals surface area contributed by atoms with Crippen molar-refractivity contribution in [3.8, 4) is 0 Å². The van der Waals surface area contributed by atoms with Gasteiger partial charge >= 0.3 is 0 Å². The fourth-order valence-electron chi connectivity index (χ4n) is 2.70. The highest BCUT2D eigenvalue weighted by atomic mass is 15.1. The molecule has 0 atom stereocenters. The van der Waals surface area contributed by atoms with Crippen LogP contribution in [-0.2, 0) is 5.41 Å². The van der Waals surface area contributed by atoms with Crippen LogP contribution >= 0.6 is 0 Å². The van der Waals surface area contributed by atoms with Crippen molar-refractivity contribution in [3.05, 3.63) is 11.4 Å². The van der Waals surface area contributed by atoms with Crippen LogP contribution in [0, 0.1) is 17.8 Å². The van der Waals surface area contributed by atoms with Crippen LogP contribution in [0.1, 0.15) is 59.9 Å². The molecule has 1 saturated carbocycles. The second kappa shape index (κ2) is 4.09. The predicted octanol–water partition coefficient (Wildman–Crippen LogP) is 3.51. The first-order chi connectivity index (χ1) is 8.89. The third kappa shape index (κ3) is 2.15. The molecule has 1 aliphatic carbocycles. The molecule has 0 spiro atoms. The number of aromatic nitrogens is 2. The smallest absolute Gasteiger partial charge is 0.138 e. The molecule has 4 heteroatoms. The maximum atomic E-state index is 6.06. The second-order valence-electron chi connectivity index (χ2n) is 8.18. The Morgan fingerprint density at radius 3 is 1.95 bits per heavy atom. The van der Waals surface area contributed by atoms with E-state index in [-0.39, 0.29) is 16.2 Å². The normalized spacial score (nSPS) is 20.8. The Bertz CT molecular complexity index is 524. The fraction of sp³-hybridized carbons (Fsp3) is 0.750. The SMILES string of the molecule is Cc1c(N)nc(C(C)(C)C)nc1NC1C(C)(C)C1(C)C. The molecule has 0 aromatic carbocycles. The van der Waals surface area contributed by atoms with Gasteiger partial charge in [0, 0.05) is 17.0 Å². The molecule has 0 aliphatic heterocycles. The van der Waals surface area contributed by atoms with Gasteiger partial charge in [-0.2, -0.15) is 0 Å². The second-order valence-corrected chi connectivity index (χ2v) is 8.18. The number of hydrogen-bond acceptors (Lipinski definition) is 4. The molecule has 0 saturated heterocycles. The van der Waals surface area contributed by atoms with Crippen molar-refractivity contribution in [1.29, 1.82) is 0 Å². The maximum Gasteiger partial charge on any atom is 0.138 e. The minimum absolute atomic E-state index is 0.104. The van der Waals surface area contributed by atoms with Crippen molar-refractivity contribution in [3.63, 3.8) is 0 Å². The first-order valence-electron chi connectivity index (χ1n) is 7.30. The summed E-state index contributed by atoms with van der Waals surface area (Å²) in [5, 5.41) is 3.59. The minimum atomic E-state index is -0.104. The van der Waals surface area contributed by atoms with E-state index >= 15 is 0 Å². The summed E-state index contributed by atoms with van der Waals surface area (Å²) >= 11 is 0. The molecular weight excluding hydrogens is 248 g/mol. The van der Waals surface area contributed by atoms with E-state index in [9.17, 15) is 0 Å². The zero-order valence-electron chi connectivity index (χ0n) is 14.0. The van der Waals surface area contributed by atoms with E-state index in [4.69, 9.17) is 10.7 Å². The van der Waals surface area contributed by atoms with Gasteiger partial charge in [0.15, 0.2) is 0 Å². The van der Waals surface area contributed by atoms with Gasteiger partial charge < -0.3 is 11.1 Å². The van der Waals surface area contributed by atoms with Crippen molar-refractivity contribution in [1.82, 2.24) is 9.97 Å². The summed E-state index contributed by atoms with van der Waals surface area (Å²) in [5.41, 5.74) is 7.43. The van der Waals surface area contributed by atoms with Gasteiger partial charge in [-0.1, -0.05) is 48.5 Å². The van der Waals surface area contributed by atoms with Gasteiger partial charge in [0.05, 0.1) is 0 Å². The molecule has 0 unspecified atom stereocenters. The topological polar surface area (TPSA) is 63.8 Å². The van der Waals surface area contributed by atoms with Crippen molar-refractivity contribution < 1.29 is 0 Å². The van der Waals surface area contributed by atoms with Gasteiger partial charge in [0.1, 0.15) is 17.5 Å². The van der Waals surface area contributed by atoms with Crippen molar-refractivity contribution in [2.75, 3.05) is 11.1 Å². The predicted molar refractivity (Wildman–Crippen MR) is 84.9 cm³/mol. The molecule has 1 aromatic rings. The first kappa shape index (κ1) is 15.1. The van der Waals surface area contributed by atoms with E-state index in [1.165, 1.54) is 0 Å². The molecule has 2 rings (SSSR count). The Balaban J connectivity index is 2.36. The zero-order valence-corrected chi connectivity index (χ0v) is 14.0. The van der Waals surface area contributed by atoms with Gasteiger partial charge in [-0.05, 0) is 17.8 Å². The Morgan fingerprint density at radius 1 is 1.05 bits per heavy atom. The van der Waals surface area contributed by atoms with E-state index in [2.05, 4.69) is 58.8 Å². The zero-order chi connectivity index (χ0) is 15.5. The third-order valence-electron chi connectivity index (χ3n) is 5.16. The van der Waals surface area contributed by atoms with Gasteiger partial charge in [-0.3, -0.25) is 0 Å². The van der Waals surface area contributed by atoms with E-state index < -0.39 is 0 Å². The molecule has 0 bridgehead atoms. The lowest BCUT2D eigenvalue weighted by atomic mass is 9.95. The van der Waals surface area contributed by atoms with E-state index in [0.29, 0.717) is 11.9 Å². The molecule has 0 amide bonds. The van der Waals surface area contributed by atoms with Gasteiger partial charge in [-0.25, -0.2) is 9.97 Å². The van der Waals surface area contributed by atoms with Crippen LogP contribution in [0.5, 0.6) is 0 Å². The number of nitrogens with zero attached hydrogens (tertiary/aromatic N) is 2.